The van der Waals surface area contributed by atoms with E-state index < -0.39 is 6.67 Å². The first kappa shape index (κ1) is 17.7. The summed E-state index contributed by atoms with van der Waals surface area (Å²) in [7, 11) is 0. The van der Waals surface area contributed by atoms with Gasteiger partial charge in [-0.2, -0.15) is 5.26 Å². The van der Waals surface area contributed by atoms with Crippen LogP contribution in [0.25, 0.3) is 0 Å². The molecule has 1 atom stereocenters. The zero-order valence-corrected chi connectivity index (χ0v) is 14.2. The Bertz CT molecular complexity index is 805. The van der Waals surface area contributed by atoms with Crippen LogP contribution in [0.3, 0.4) is 0 Å². The molecule has 0 amide bonds. The average Bonchev–Trinajstić information content (AvgIpc) is 2.72. The molecule has 0 aliphatic heterocycles. The third kappa shape index (κ3) is 4.11. The van der Waals surface area contributed by atoms with E-state index in [9.17, 15) is 4.39 Å². The normalized spacial score (nSPS) is 11.9. The van der Waals surface area contributed by atoms with Crippen molar-refractivity contribution in [1.29, 1.82) is 5.26 Å². The Morgan fingerprint density at radius 2 is 1.54 bits per heavy atom. The lowest BCUT2D eigenvalue weighted by Gasteiger charge is -2.29. The third-order valence-corrected chi connectivity index (χ3v) is 4.28. The molecule has 0 fully saturated rings. The molecule has 3 rings (SSSR count). The lowest BCUT2D eigenvalue weighted by atomic mass is 9.83. The second kappa shape index (κ2) is 8.84. The highest BCUT2D eigenvalue weighted by Gasteiger charge is 2.26. The lowest BCUT2D eigenvalue weighted by molar-refractivity contribution is 0.415. The van der Waals surface area contributed by atoms with Gasteiger partial charge in [0.25, 0.3) is 0 Å². The van der Waals surface area contributed by atoms with E-state index in [2.05, 4.69) is 21.4 Å². The van der Waals surface area contributed by atoms with E-state index >= 15 is 0 Å². The van der Waals surface area contributed by atoms with Crippen molar-refractivity contribution in [2.24, 2.45) is 0 Å². The van der Waals surface area contributed by atoms with E-state index in [1.54, 1.807) is 24.5 Å². The highest BCUT2D eigenvalue weighted by atomic mass is 19.1. The van der Waals surface area contributed by atoms with Gasteiger partial charge >= 0.3 is 0 Å². The Labute approximate surface area is 152 Å². The minimum absolute atomic E-state index is 0.0862. The fourth-order valence-electron chi connectivity index (χ4n) is 3.10. The predicted octanol–water partition coefficient (Wildman–Crippen LogP) is 3.78. The maximum Gasteiger partial charge on any atom is 0.102 e. The second-order valence-electron chi connectivity index (χ2n) is 5.90. The molecule has 0 saturated heterocycles. The predicted molar refractivity (Wildman–Crippen MR) is 98.2 cm³/mol. The Kier molecular flexibility index (Phi) is 6.02. The fourth-order valence-corrected chi connectivity index (χ4v) is 3.10. The number of pyridine rings is 2. The van der Waals surface area contributed by atoms with Gasteiger partial charge in [0.05, 0.1) is 11.6 Å². The molecule has 0 saturated carbocycles. The molecule has 0 aliphatic carbocycles. The van der Waals surface area contributed by atoms with E-state index in [-0.39, 0.29) is 18.5 Å². The molecular formula is C21H19FN4. The van der Waals surface area contributed by atoms with Crippen LogP contribution in [0, 0.1) is 11.3 Å². The molecule has 2 heterocycles. The summed E-state index contributed by atoms with van der Waals surface area (Å²) < 4.78 is 12.9. The van der Waals surface area contributed by atoms with Gasteiger partial charge in [0.1, 0.15) is 6.67 Å². The summed E-state index contributed by atoms with van der Waals surface area (Å²) in [5, 5.41) is 12.3. The van der Waals surface area contributed by atoms with Crippen LogP contribution in [0.1, 0.15) is 34.2 Å². The minimum Gasteiger partial charge on any atom is -0.307 e. The number of rotatable bonds is 7. The molecule has 5 heteroatoms. The summed E-state index contributed by atoms with van der Waals surface area (Å²) in [6.07, 6.45) is 7.11. The first-order chi connectivity index (χ1) is 12.8. The topological polar surface area (TPSA) is 61.6 Å². The van der Waals surface area contributed by atoms with Crippen molar-refractivity contribution < 1.29 is 4.39 Å². The van der Waals surface area contributed by atoms with Gasteiger partial charge in [0, 0.05) is 43.3 Å². The number of halogens is 1. The number of nitrogens with zero attached hydrogens (tertiary/aromatic N) is 3. The maximum atomic E-state index is 12.9. The lowest BCUT2D eigenvalue weighted by Crippen LogP contribution is -2.29. The van der Waals surface area contributed by atoms with E-state index in [4.69, 9.17) is 5.26 Å². The first-order valence-corrected chi connectivity index (χ1v) is 8.42. The van der Waals surface area contributed by atoms with Gasteiger partial charge in [-0.25, -0.2) is 4.39 Å². The van der Waals surface area contributed by atoms with Gasteiger partial charge in [-0.3, -0.25) is 9.97 Å². The number of nitrogens with one attached hydrogen (secondary N) is 1. The molecule has 3 aromatic rings. The van der Waals surface area contributed by atoms with E-state index in [1.165, 1.54) is 0 Å². The molecule has 1 unspecified atom stereocenters. The minimum atomic E-state index is -0.459. The number of alkyl halides is 1. The largest absolute Gasteiger partial charge is 0.307 e. The molecule has 0 radical (unpaired) electrons. The maximum absolute atomic E-state index is 12.9. The van der Waals surface area contributed by atoms with Crippen LogP contribution in [-0.4, -0.2) is 23.2 Å². The SMILES string of the molecule is N#Cc1ccc(C(NCCF)C(c2cccnc2)c2cccnc2)cc1. The summed E-state index contributed by atoms with van der Waals surface area (Å²) in [6, 6.07) is 17.1. The smallest absolute Gasteiger partial charge is 0.102 e. The van der Waals surface area contributed by atoms with Crippen molar-refractivity contribution in [2.45, 2.75) is 12.0 Å². The number of hydrogen-bond acceptors (Lipinski definition) is 4. The van der Waals surface area contributed by atoms with Crippen molar-refractivity contribution in [2.75, 3.05) is 13.2 Å². The molecule has 130 valence electrons. The molecule has 0 aliphatic rings. The van der Waals surface area contributed by atoms with Gasteiger partial charge < -0.3 is 5.32 Å². The number of hydrogen-bond donors (Lipinski definition) is 1. The number of nitriles is 1. The Morgan fingerprint density at radius 3 is 2.00 bits per heavy atom. The van der Waals surface area contributed by atoms with Crippen LogP contribution in [0.4, 0.5) is 4.39 Å². The summed E-state index contributed by atoms with van der Waals surface area (Å²) in [4.78, 5) is 8.50. The van der Waals surface area contributed by atoms with Crippen LogP contribution < -0.4 is 5.32 Å². The molecule has 1 N–H and O–H groups in total. The highest BCUT2D eigenvalue weighted by molar-refractivity contribution is 5.38. The van der Waals surface area contributed by atoms with Crippen molar-refractivity contribution in [3.05, 3.63) is 95.6 Å². The van der Waals surface area contributed by atoms with E-state index in [0.29, 0.717) is 5.56 Å². The van der Waals surface area contributed by atoms with Gasteiger partial charge in [0.15, 0.2) is 0 Å². The number of benzene rings is 1. The fraction of sp³-hybridized carbons (Fsp3) is 0.190. The molecule has 1 aromatic carbocycles. The van der Waals surface area contributed by atoms with Crippen molar-refractivity contribution in [3.8, 4) is 6.07 Å². The van der Waals surface area contributed by atoms with Gasteiger partial charge in [-0.05, 0) is 41.0 Å². The summed E-state index contributed by atoms with van der Waals surface area (Å²) >= 11 is 0. The van der Waals surface area contributed by atoms with Crippen LogP contribution in [0.5, 0.6) is 0 Å². The van der Waals surface area contributed by atoms with Crippen molar-refractivity contribution in [3.63, 3.8) is 0 Å². The van der Waals surface area contributed by atoms with Gasteiger partial charge in [-0.15, -0.1) is 0 Å². The third-order valence-electron chi connectivity index (χ3n) is 4.28. The molecule has 2 aromatic heterocycles. The van der Waals surface area contributed by atoms with Crippen LogP contribution in [-0.2, 0) is 0 Å². The number of aromatic nitrogens is 2. The van der Waals surface area contributed by atoms with Crippen LogP contribution >= 0.6 is 0 Å². The van der Waals surface area contributed by atoms with E-state index in [0.717, 1.165) is 16.7 Å². The molecule has 0 spiro atoms. The Hall–Kier alpha value is -3.10. The molecule has 0 bridgehead atoms. The first-order valence-electron chi connectivity index (χ1n) is 8.42. The summed E-state index contributed by atoms with van der Waals surface area (Å²) in [6.45, 7) is -0.221. The van der Waals surface area contributed by atoms with Crippen LogP contribution in [0.2, 0.25) is 0 Å². The van der Waals surface area contributed by atoms with Crippen LogP contribution in [0.15, 0.2) is 73.3 Å². The van der Waals surface area contributed by atoms with Gasteiger partial charge in [0.2, 0.25) is 0 Å². The molecule has 4 nitrogen and oxygen atoms in total. The highest BCUT2D eigenvalue weighted by Crippen LogP contribution is 2.36. The summed E-state index contributed by atoms with van der Waals surface area (Å²) in [5.74, 6) is -0.0862. The quantitative estimate of drug-likeness (QED) is 0.707. The standard InChI is InChI=1S/C21H19FN4/c22-9-12-26-21(17-7-5-16(13-23)6-8-17)20(18-3-1-10-24-14-18)19-4-2-11-25-15-19/h1-8,10-11,14-15,20-21,26H,9,12H2. The Morgan fingerprint density at radius 1 is 0.923 bits per heavy atom. The molecule has 26 heavy (non-hydrogen) atoms. The second-order valence-corrected chi connectivity index (χ2v) is 5.90. The van der Waals surface area contributed by atoms with E-state index in [1.807, 2.05) is 48.8 Å². The Balaban J connectivity index is 2.07. The van der Waals surface area contributed by atoms with Crippen molar-refractivity contribution >= 4 is 0 Å². The van der Waals surface area contributed by atoms with Gasteiger partial charge in [-0.1, -0.05) is 24.3 Å². The summed E-state index contributed by atoms with van der Waals surface area (Å²) in [5.41, 5.74) is 3.61. The molecular weight excluding hydrogens is 327 g/mol. The zero-order chi connectivity index (χ0) is 18.2. The monoisotopic (exact) mass is 346 g/mol. The van der Waals surface area contributed by atoms with Crippen molar-refractivity contribution in [1.82, 2.24) is 15.3 Å². The zero-order valence-electron chi connectivity index (χ0n) is 14.2. The average molecular weight is 346 g/mol.